The van der Waals surface area contributed by atoms with E-state index in [2.05, 4.69) is 24.2 Å². The van der Waals surface area contributed by atoms with E-state index in [0.717, 1.165) is 36.3 Å². The third-order valence-electron chi connectivity index (χ3n) is 3.82. The Labute approximate surface area is 122 Å². The maximum absolute atomic E-state index is 11.2. The SMILES string of the molecule is CCC(CC)c1c(C=O)nnn1-c1ccc2c(c1)OCO2. The second-order valence-corrected chi connectivity index (χ2v) is 4.94. The molecule has 1 aliphatic heterocycles. The van der Waals surface area contributed by atoms with E-state index in [-0.39, 0.29) is 12.7 Å². The van der Waals surface area contributed by atoms with E-state index in [9.17, 15) is 4.79 Å². The summed E-state index contributed by atoms with van der Waals surface area (Å²) in [6.45, 7) is 4.43. The molecule has 2 heterocycles. The molecule has 0 saturated carbocycles. The van der Waals surface area contributed by atoms with E-state index in [1.165, 1.54) is 0 Å². The first-order valence-corrected chi connectivity index (χ1v) is 7.09. The zero-order valence-electron chi connectivity index (χ0n) is 12.1. The molecule has 1 aromatic carbocycles. The first-order valence-electron chi connectivity index (χ1n) is 7.09. The minimum absolute atomic E-state index is 0.231. The van der Waals surface area contributed by atoms with Crippen molar-refractivity contribution in [1.29, 1.82) is 0 Å². The van der Waals surface area contributed by atoms with Crippen LogP contribution >= 0.6 is 0 Å². The fourth-order valence-electron chi connectivity index (χ4n) is 2.65. The van der Waals surface area contributed by atoms with Crippen LogP contribution in [-0.4, -0.2) is 28.1 Å². The lowest BCUT2D eigenvalue weighted by Crippen LogP contribution is -2.08. The van der Waals surface area contributed by atoms with Crippen LogP contribution in [0.4, 0.5) is 0 Å². The fraction of sp³-hybridized carbons (Fsp3) is 0.400. The second kappa shape index (κ2) is 5.55. The molecule has 0 fully saturated rings. The summed E-state index contributed by atoms with van der Waals surface area (Å²) in [7, 11) is 0. The van der Waals surface area contributed by atoms with Crippen LogP contribution in [0.3, 0.4) is 0 Å². The van der Waals surface area contributed by atoms with Crippen molar-refractivity contribution in [2.24, 2.45) is 0 Å². The molecule has 6 heteroatoms. The molecule has 2 aromatic rings. The van der Waals surface area contributed by atoms with Crippen LogP contribution in [0.25, 0.3) is 5.69 Å². The van der Waals surface area contributed by atoms with Crippen LogP contribution in [-0.2, 0) is 0 Å². The van der Waals surface area contributed by atoms with E-state index < -0.39 is 0 Å². The summed E-state index contributed by atoms with van der Waals surface area (Å²) in [6.07, 6.45) is 2.62. The highest BCUT2D eigenvalue weighted by molar-refractivity contribution is 5.74. The summed E-state index contributed by atoms with van der Waals surface area (Å²) in [6, 6.07) is 5.59. The summed E-state index contributed by atoms with van der Waals surface area (Å²) in [5.74, 6) is 1.65. The van der Waals surface area contributed by atoms with Gasteiger partial charge < -0.3 is 9.47 Å². The lowest BCUT2D eigenvalue weighted by molar-refractivity contribution is 0.111. The molecular weight excluding hydrogens is 270 g/mol. The second-order valence-electron chi connectivity index (χ2n) is 4.94. The van der Waals surface area contributed by atoms with Gasteiger partial charge in [-0.1, -0.05) is 19.1 Å². The quantitative estimate of drug-likeness (QED) is 0.791. The molecule has 21 heavy (non-hydrogen) atoms. The highest BCUT2D eigenvalue weighted by atomic mass is 16.7. The number of benzene rings is 1. The molecule has 0 spiro atoms. The lowest BCUT2D eigenvalue weighted by atomic mass is 9.97. The molecule has 110 valence electrons. The van der Waals surface area contributed by atoms with Crippen molar-refractivity contribution in [3.63, 3.8) is 0 Å². The Bertz CT molecular complexity index is 662. The number of carbonyl (C=O) groups excluding carboxylic acids is 1. The number of carbonyl (C=O) groups is 1. The van der Waals surface area contributed by atoms with Crippen LogP contribution in [0, 0.1) is 0 Å². The van der Waals surface area contributed by atoms with Crippen molar-refractivity contribution < 1.29 is 14.3 Å². The van der Waals surface area contributed by atoms with Crippen molar-refractivity contribution in [2.45, 2.75) is 32.6 Å². The van der Waals surface area contributed by atoms with Gasteiger partial charge in [-0.2, -0.15) is 0 Å². The Hall–Kier alpha value is -2.37. The lowest BCUT2D eigenvalue weighted by Gasteiger charge is -2.15. The largest absolute Gasteiger partial charge is 0.454 e. The van der Waals surface area contributed by atoms with Gasteiger partial charge in [0.2, 0.25) is 6.79 Å². The molecule has 0 unspecified atom stereocenters. The number of rotatable bonds is 5. The number of fused-ring (bicyclic) bond motifs is 1. The first-order chi connectivity index (χ1) is 10.3. The molecule has 0 saturated heterocycles. The topological polar surface area (TPSA) is 66.2 Å². The van der Waals surface area contributed by atoms with E-state index in [0.29, 0.717) is 11.4 Å². The summed E-state index contributed by atoms with van der Waals surface area (Å²) in [4.78, 5) is 11.2. The zero-order valence-corrected chi connectivity index (χ0v) is 12.1. The van der Waals surface area contributed by atoms with Gasteiger partial charge >= 0.3 is 0 Å². The third kappa shape index (κ3) is 2.26. The number of aromatic nitrogens is 3. The number of hydrogen-bond acceptors (Lipinski definition) is 5. The van der Waals surface area contributed by atoms with Crippen molar-refractivity contribution >= 4 is 6.29 Å². The molecule has 0 N–H and O–H groups in total. The van der Waals surface area contributed by atoms with E-state index in [4.69, 9.17) is 9.47 Å². The Morgan fingerprint density at radius 2 is 2.05 bits per heavy atom. The standard InChI is InChI=1S/C15H17N3O3/c1-3-10(4-2)15-12(8-19)16-17-18(15)11-5-6-13-14(7-11)21-9-20-13/h5-8,10H,3-4,9H2,1-2H3. The predicted octanol–water partition coefficient (Wildman–Crippen LogP) is 2.71. The van der Waals surface area contributed by atoms with Gasteiger partial charge in [-0.15, -0.1) is 5.10 Å². The summed E-state index contributed by atoms with van der Waals surface area (Å²) < 4.78 is 12.4. The maximum atomic E-state index is 11.2. The van der Waals surface area contributed by atoms with Crippen LogP contribution in [0.5, 0.6) is 11.5 Å². The van der Waals surface area contributed by atoms with Gasteiger partial charge in [0, 0.05) is 12.0 Å². The Morgan fingerprint density at radius 3 is 2.76 bits per heavy atom. The van der Waals surface area contributed by atoms with E-state index in [1.54, 1.807) is 4.68 Å². The zero-order chi connectivity index (χ0) is 14.8. The average Bonchev–Trinajstić information content (AvgIpc) is 3.14. The Balaban J connectivity index is 2.10. The number of nitrogens with zero attached hydrogens (tertiary/aromatic N) is 3. The van der Waals surface area contributed by atoms with Crippen molar-refractivity contribution in [3.8, 4) is 17.2 Å². The number of hydrogen-bond donors (Lipinski definition) is 0. The predicted molar refractivity (Wildman–Crippen MR) is 76.2 cm³/mol. The van der Waals surface area contributed by atoms with Gasteiger partial charge in [-0.25, -0.2) is 4.68 Å². The normalized spacial score (nSPS) is 12.9. The molecule has 1 aromatic heterocycles. The van der Waals surface area contributed by atoms with Crippen LogP contribution in [0.15, 0.2) is 18.2 Å². The van der Waals surface area contributed by atoms with Crippen molar-refractivity contribution in [3.05, 3.63) is 29.6 Å². The fourth-order valence-corrected chi connectivity index (χ4v) is 2.65. The number of aldehydes is 1. The highest BCUT2D eigenvalue weighted by Gasteiger charge is 2.22. The number of ether oxygens (including phenoxy) is 2. The highest BCUT2D eigenvalue weighted by Crippen LogP contribution is 2.35. The van der Waals surface area contributed by atoms with Gasteiger partial charge in [-0.05, 0) is 25.0 Å². The van der Waals surface area contributed by atoms with Crippen LogP contribution < -0.4 is 9.47 Å². The van der Waals surface area contributed by atoms with Crippen molar-refractivity contribution in [2.75, 3.05) is 6.79 Å². The molecule has 3 rings (SSSR count). The minimum atomic E-state index is 0.231. The van der Waals surface area contributed by atoms with E-state index >= 15 is 0 Å². The first kappa shape index (κ1) is 13.6. The molecule has 0 aliphatic carbocycles. The summed E-state index contributed by atoms with van der Waals surface area (Å²) >= 11 is 0. The molecule has 1 aliphatic rings. The van der Waals surface area contributed by atoms with Gasteiger partial charge in [0.15, 0.2) is 17.8 Å². The third-order valence-corrected chi connectivity index (χ3v) is 3.82. The van der Waals surface area contributed by atoms with Gasteiger partial charge in [0.1, 0.15) is 5.69 Å². The summed E-state index contributed by atoms with van der Waals surface area (Å²) in [5, 5.41) is 8.13. The monoisotopic (exact) mass is 287 g/mol. The van der Waals surface area contributed by atoms with Gasteiger partial charge in [0.25, 0.3) is 0 Å². The van der Waals surface area contributed by atoms with E-state index in [1.807, 2.05) is 18.2 Å². The molecule has 0 bridgehead atoms. The molecule has 0 atom stereocenters. The molecule has 0 amide bonds. The summed E-state index contributed by atoms with van der Waals surface area (Å²) in [5.41, 5.74) is 2.08. The maximum Gasteiger partial charge on any atom is 0.231 e. The average molecular weight is 287 g/mol. The van der Waals surface area contributed by atoms with Gasteiger partial charge in [-0.3, -0.25) is 4.79 Å². The minimum Gasteiger partial charge on any atom is -0.454 e. The molecule has 0 radical (unpaired) electrons. The molecule has 6 nitrogen and oxygen atoms in total. The Morgan fingerprint density at radius 1 is 1.29 bits per heavy atom. The van der Waals surface area contributed by atoms with Gasteiger partial charge in [0.05, 0.1) is 11.4 Å². The Kier molecular flexibility index (Phi) is 3.60. The van der Waals surface area contributed by atoms with Crippen LogP contribution in [0.2, 0.25) is 0 Å². The van der Waals surface area contributed by atoms with Crippen molar-refractivity contribution in [1.82, 2.24) is 15.0 Å². The van der Waals surface area contributed by atoms with Crippen LogP contribution in [0.1, 0.15) is 48.8 Å². The molecular formula is C15H17N3O3. The smallest absolute Gasteiger partial charge is 0.231 e.